The standard InChI is InChI=1S/C20H16FN3OS/c21-15-8-5-14(6-9-15)7-10-19(25)22-17-4-2-1-3-16(17)18-13-24-11-12-26-20(24)23-18/h1-10,13H,11-12H2,(H,22,25)/b10-7+. The molecule has 130 valence electrons. The highest BCUT2D eigenvalue weighted by molar-refractivity contribution is 7.99. The molecule has 4 rings (SSSR count). The number of nitrogens with one attached hydrogen (secondary N) is 1. The first-order chi connectivity index (χ1) is 12.7. The molecule has 2 aromatic carbocycles. The van der Waals surface area contributed by atoms with Gasteiger partial charge in [0.2, 0.25) is 5.91 Å². The summed E-state index contributed by atoms with van der Waals surface area (Å²) in [7, 11) is 0. The van der Waals surface area contributed by atoms with Crippen molar-refractivity contribution in [3.8, 4) is 11.3 Å². The number of benzene rings is 2. The third-order valence-electron chi connectivity index (χ3n) is 4.06. The lowest BCUT2D eigenvalue weighted by molar-refractivity contribution is -0.111. The summed E-state index contributed by atoms with van der Waals surface area (Å²) in [5.41, 5.74) is 3.21. The van der Waals surface area contributed by atoms with Crippen molar-refractivity contribution in [3.63, 3.8) is 0 Å². The van der Waals surface area contributed by atoms with Crippen molar-refractivity contribution in [3.05, 3.63) is 72.2 Å². The number of imidazole rings is 1. The van der Waals surface area contributed by atoms with E-state index in [0.29, 0.717) is 5.69 Å². The Morgan fingerprint density at radius 2 is 2.00 bits per heavy atom. The summed E-state index contributed by atoms with van der Waals surface area (Å²) >= 11 is 1.74. The summed E-state index contributed by atoms with van der Waals surface area (Å²) < 4.78 is 15.1. The van der Waals surface area contributed by atoms with Gasteiger partial charge in [0.25, 0.3) is 0 Å². The molecule has 26 heavy (non-hydrogen) atoms. The highest BCUT2D eigenvalue weighted by Gasteiger charge is 2.17. The van der Waals surface area contributed by atoms with Gasteiger partial charge in [0.05, 0.1) is 11.4 Å². The summed E-state index contributed by atoms with van der Waals surface area (Å²) in [5, 5.41) is 3.91. The zero-order valence-corrected chi connectivity index (χ0v) is 14.7. The van der Waals surface area contributed by atoms with E-state index < -0.39 is 0 Å². The van der Waals surface area contributed by atoms with E-state index in [1.54, 1.807) is 30.0 Å². The first kappa shape index (κ1) is 16.6. The van der Waals surface area contributed by atoms with E-state index >= 15 is 0 Å². The van der Waals surface area contributed by atoms with Crippen LogP contribution in [-0.2, 0) is 11.3 Å². The van der Waals surface area contributed by atoms with Crippen molar-refractivity contribution in [1.82, 2.24) is 9.55 Å². The van der Waals surface area contributed by atoms with E-state index in [2.05, 4.69) is 14.9 Å². The van der Waals surface area contributed by atoms with Crippen molar-refractivity contribution in [2.24, 2.45) is 0 Å². The Morgan fingerprint density at radius 3 is 2.81 bits per heavy atom. The number of thioether (sulfide) groups is 1. The Labute approximate surface area is 154 Å². The number of anilines is 1. The van der Waals surface area contributed by atoms with Crippen molar-refractivity contribution in [2.75, 3.05) is 11.1 Å². The number of halogens is 1. The topological polar surface area (TPSA) is 46.9 Å². The quantitative estimate of drug-likeness (QED) is 0.695. The first-order valence-corrected chi connectivity index (χ1v) is 9.21. The average Bonchev–Trinajstić information content (AvgIpc) is 3.24. The third-order valence-corrected chi connectivity index (χ3v) is 5.03. The van der Waals surface area contributed by atoms with Crippen molar-refractivity contribution < 1.29 is 9.18 Å². The summed E-state index contributed by atoms with van der Waals surface area (Å²) in [6, 6.07) is 13.6. The zero-order valence-electron chi connectivity index (χ0n) is 13.9. The molecule has 0 fully saturated rings. The second-order valence-electron chi connectivity index (χ2n) is 5.87. The first-order valence-electron chi connectivity index (χ1n) is 8.23. The predicted molar refractivity (Wildman–Crippen MR) is 102 cm³/mol. The fourth-order valence-corrected chi connectivity index (χ4v) is 3.72. The summed E-state index contributed by atoms with van der Waals surface area (Å²) in [4.78, 5) is 16.9. The van der Waals surface area contributed by atoms with Gasteiger partial charge in [-0.1, -0.05) is 42.1 Å². The summed E-state index contributed by atoms with van der Waals surface area (Å²) in [5.74, 6) is 0.503. The molecule has 3 aromatic rings. The van der Waals surface area contributed by atoms with Crippen LogP contribution in [0.25, 0.3) is 17.3 Å². The van der Waals surface area contributed by atoms with E-state index in [0.717, 1.165) is 34.3 Å². The lowest BCUT2D eigenvalue weighted by Crippen LogP contribution is -2.08. The Morgan fingerprint density at radius 1 is 1.19 bits per heavy atom. The number of para-hydroxylation sites is 1. The van der Waals surface area contributed by atoms with Gasteiger partial charge >= 0.3 is 0 Å². The normalized spacial score (nSPS) is 13.1. The molecule has 1 aromatic heterocycles. The van der Waals surface area contributed by atoms with Gasteiger partial charge in [0, 0.05) is 30.1 Å². The SMILES string of the molecule is O=C(/C=C/c1ccc(F)cc1)Nc1ccccc1-c1cn2c(n1)SCC2. The van der Waals surface area contributed by atoms with Crippen LogP contribution in [0.15, 0.2) is 66.0 Å². The van der Waals surface area contributed by atoms with Gasteiger partial charge in [-0.2, -0.15) is 0 Å². The van der Waals surface area contributed by atoms with Crippen LogP contribution in [0.1, 0.15) is 5.56 Å². The van der Waals surface area contributed by atoms with Crippen LogP contribution in [0, 0.1) is 5.82 Å². The molecule has 6 heteroatoms. The lowest BCUT2D eigenvalue weighted by Gasteiger charge is -2.08. The second kappa shape index (κ2) is 7.17. The highest BCUT2D eigenvalue weighted by Crippen LogP contribution is 2.32. The van der Waals surface area contributed by atoms with Crippen molar-refractivity contribution in [2.45, 2.75) is 11.7 Å². The number of hydrogen-bond acceptors (Lipinski definition) is 3. The molecule has 1 aliphatic heterocycles. The minimum absolute atomic E-state index is 0.247. The van der Waals surface area contributed by atoms with E-state index in [1.165, 1.54) is 18.2 Å². The van der Waals surface area contributed by atoms with Gasteiger partial charge in [0.1, 0.15) is 5.82 Å². The Balaban J connectivity index is 1.52. The summed E-state index contributed by atoms with van der Waals surface area (Å²) in [6.07, 6.45) is 5.11. The molecule has 0 atom stereocenters. The molecular formula is C20H16FN3OS. The molecule has 0 bridgehead atoms. The molecule has 0 saturated carbocycles. The average molecular weight is 365 g/mol. The molecule has 0 aliphatic carbocycles. The lowest BCUT2D eigenvalue weighted by atomic mass is 10.1. The van der Waals surface area contributed by atoms with Crippen LogP contribution in [0.3, 0.4) is 0 Å². The minimum atomic E-state index is -0.300. The van der Waals surface area contributed by atoms with E-state index in [1.807, 2.05) is 30.5 Å². The number of fused-ring (bicyclic) bond motifs is 1. The maximum absolute atomic E-state index is 12.9. The molecule has 1 aliphatic rings. The maximum atomic E-state index is 12.9. The van der Waals surface area contributed by atoms with E-state index in [-0.39, 0.29) is 11.7 Å². The van der Waals surface area contributed by atoms with E-state index in [9.17, 15) is 9.18 Å². The molecule has 1 amide bonds. The Hall–Kier alpha value is -2.86. The third kappa shape index (κ3) is 3.55. The predicted octanol–water partition coefficient (Wildman–Crippen LogP) is 4.45. The smallest absolute Gasteiger partial charge is 0.248 e. The fourth-order valence-electron chi connectivity index (χ4n) is 2.78. The number of carbonyl (C=O) groups is 1. The number of carbonyl (C=O) groups excluding carboxylic acids is 1. The zero-order chi connectivity index (χ0) is 17.9. The number of hydrogen-bond donors (Lipinski definition) is 1. The van der Waals surface area contributed by atoms with Crippen LogP contribution in [0.5, 0.6) is 0 Å². The number of nitrogens with zero attached hydrogens (tertiary/aromatic N) is 2. The van der Waals surface area contributed by atoms with Crippen molar-refractivity contribution >= 4 is 29.4 Å². The highest BCUT2D eigenvalue weighted by atomic mass is 32.2. The molecule has 0 radical (unpaired) electrons. The molecule has 0 unspecified atom stereocenters. The number of rotatable bonds is 4. The largest absolute Gasteiger partial charge is 0.325 e. The Bertz CT molecular complexity index is 957. The van der Waals surface area contributed by atoms with E-state index in [4.69, 9.17) is 0 Å². The van der Waals surface area contributed by atoms with Gasteiger partial charge in [-0.25, -0.2) is 9.37 Å². The fraction of sp³-hybridized carbons (Fsp3) is 0.100. The van der Waals surface area contributed by atoms with Crippen LogP contribution in [-0.4, -0.2) is 21.2 Å². The molecule has 4 nitrogen and oxygen atoms in total. The van der Waals surface area contributed by atoms with Crippen molar-refractivity contribution in [1.29, 1.82) is 0 Å². The van der Waals surface area contributed by atoms with Crippen LogP contribution < -0.4 is 5.32 Å². The van der Waals surface area contributed by atoms with Gasteiger partial charge in [0.15, 0.2) is 5.16 Å². The second-order valence-corrected chi connectivity index (χ2v) is 6.93. The van der Waals surface area contributed by atoms with Gasteiger partial charge < -0.3 is 9.88 Å². The van der Waals surface area contributed by atoms with Gasteiger partial charge in [-0.05, 0) is 29.8 Å². The van der Waals surface area contributed by atoms with Gasteiger partial charge in [-0.3, -0.25) is 4.79 Å². The Kier molecular flexibility index (Phi) is 4.58. The molecular weight excluding hydrogens is 349 g/mol. The number of aromatic nitrogens is 2. The van der Waals surface area contributed by atoms with Crippen LogP contribution in [0.4, 0.5) is 10.1 Å². The minimum Gasteiger partial charge on any atom is -0.325 e. The molecule has 2 heterocycles. The number of aryl methyl sites for hydroxylation is 1. The monoisotopic (exact) mass is 365 g/mol. The van der Waals surface area contributed by atoms with Crippen LogP contribution >= 0.6 is 11.8 Å². The molecule has 1 N–H and O–H groups in total. The number of amides is 1. The molecule has 0 spiro atoms. The summed E-state index contributed by atoms with van der Waals surface area (Å²) in [6.45, 7) is 0.960. The molecule has 0 saturated heterocycles. The van der Waals surface area contributed by atoms with Gasteiger partial charge in [-0.15, -0.1) is 0 Å². The maximum Gasteiger partial charge on any atom is 0.248 e. The van der Waals surface area contributed by atoms with Crippen LogP contribution in [0.2, 0.25) is 0 Å².